The maximum absolute atomic E-state index is 12.8. The lowest BCUT2D eigenvalue weighted by atomic mass is 10.1. The van der Waals surface area contributed by atoms with Gasteiger partial charge in [-0.1, -0.05) is 24.3 Å². The molecule has 0 aromatic heterocycles. The third-order valence-corrected chi connectivity index (χ3v) is 5.88. The first-order valence-electron chi connectivity index (χ1n) is 8.06. The molecule has 1 aliphatic heterocycles. The number of amides is 1. The predicted octanol–water partition coefficient (Wildman–Crippen LogP) is 1.12. The van der Waals surface area contributed by atoms with E-state index in [2.05, 4.69) is 10.6 Å². The van der Waals surface area contributed by atoms with Crippen LogP contribution in [0.15, 0.2) is 41.3 Å². The van der Waals surface area contributed by atoms with Gasteiger partial charge < -0.3 is 15.4 Å². The van der Waals surface area contributed by atoms with Gasteiger partial charge in [-0.25, -0.2) is 8.42 Å². The second kappa shape index (κ2) is 8.68. The Balaban J connectivity index is 0.00000243. The van der Waals surface area contributed by atoms with Crippen LogP contribution in [0.1, 0.15) is 0 Å². The topological polar surface area (TPSA) is 87.7 Å². The minimum Gasteiger partial charge on any atom is -0.383 e. The first-order valence-corrected chi connectivity index (χ1v) is 9.50. The predicted molar refractivity (Wildman–Crippen MR) is 103 cm³/mol. The summed E-state index contributed by atoms with van der Waals surface area (Å²) in [6.07, 6.45) is 0. The van der Waals surface area contributed by atoms with E-state index in [1.165, 1.54) is 4.31 Å². The summed E-state index contributed by atoms with van der Waals surface area (Å²) in [5.74, 6) is -0.332. The monoisotopic (exact) mass is 399 g/mol. The normalized spacial score (nSPS) is 14.3. The van der Waals surface area contributed by atoms with Gasteiger partial charge in [-0.2, -0.15) is 0 Å². The number of nitrogens with zero attached hydrogens (tertiary/aromatic N) is 1. The third kappa shape index (κ3) is 3.93. The Labute approximate surface area is 159 Å². The van der Waals surface area contributed by atoms with Gasteiger partial charge in [0.15, 0.2) is 0 Å². The van der Waals surface area contributed by atoms with Crippen LogP contribution >= 0.6 is 12.4 Å². The second-order valence-corrected chi connectivity index (χ2v) is 7.57. The van der Waals surface area contributed by atoms with Crippen molar-refractivity contribution in [2.75, 3.05) is 44.2 Å². The Morgan fingerprint density at radius 1 is 1.12 bits per heavy atom. The Morgan fingerprint density at radius 3 is 2.58 bits per heavy atom. The van der Waals surface area contributed by atoms with Crippen molar-refractivity contribution in [1.82, 2.24) is 10.6 Å². The van der Waals surface area contributed by atoms with Crippen molar-refractivity contribution in [3.05, 3.63) is 36.4 Å². The highest BCUT2D eigenvalue weighted by Crippen LogP contribution is 2.41. The van der Waals surface area contributed by atoms with Gasteiger partial charge in [-0.05, 0) is 17.5 Å². The van der Waals surface area contributed by atoms with E-state index in [1.54, 1.807) is 31.4 Å². The van der Waals surface area contributed by atoms with Crippen molar-refractivity contribution >= 4 is 44.8 Å². The first kappa shape index (κ1) is 20.4. The zero-order chi connectivity index (χ0) is 17.9. The number of carbonyl (C=O) groups excluding carboxylic acids is 1. The lowest BCUT2D eigenvalue weighted by molar-refractivity contribution is -0.119. The van der Waals surface area contributed by atoms with Crippen LogP contribution in [0.4, 0.5) is 5.69 Å². The van der Waals surface area contributed by atoms with Crippen LogP contribution in [0, 0.1) is 0 Å². The van der Waals surface area contributed by atoms with Crippen molar-refractivity contribution in [1.29, 1.82) is 0 Å². The zero-order valence-corrected chi connectivity index (χ0v) is 16.0. The molecule has 1 heterocycles. The summed E-state index contributed by atoms with van der Waals surface area (Å²) >= 11 is 0. The number of carbonyl (C=O) groups is 1. The number of nitrogens with one attached hydrogen (secondary N) is 2. The fourth-order valence-corrected chi connectivity index (χ4v) is 4.57. The average Bonchev–Trinajstić information content (AvgIpc) is 2.82. The maximum atomic E-state index is 12.8. The van der Waals surface area contributed by atoms with Crippen LogP contribution < -0.4 is 14.9 Å². The number of benzene rings is 2. The Hall–Kier alpha value is -1.87. The quantitative estimate of drug-likeness (QED) is 0.649. The maximum Gasteiger partial charge on any atom is 0.265 e. The standard InChI is InChI=1S/C17H21N3O4S.ClH/c1-24-11-10-18-8-9-19-16(21)12-20-14-6-2-4-13-5-3-7-15(17(13)14)25(20,22)23;/h2-7,18H,8-12H2,1H3,(H,19,21);1H. The van der Waals surface area contributed by atoms with Crippen LogP contribution in [-0.4, -0.2) is 54.2 Å². The van der Waals surface area contributed by atoms with E-state index in [4.69, 9.17) is 4.74 Å². The number of hydrogen-bond acceptors (Lipinski definition) is 5. The lowest BCUT2D eigenvalue weighted by Gasteiger charge is -2.18. The summed E-state index contributed by atoms with van der Waals surface area (Å²) in [4.78, 5) is 12.4. The van der Waals surface area contributed by atoms with Gasteiger partial charge in [0.05, 0.1) is 17.2 Å². The van der Waals surface area contributed by atoms with E-state index in [0.717, 1.165) is 5.39 Å². The van der Waals surface area contributed by atoms with E-state index in [9.17, 15) is 13.2 Å². The number of sulfonamides is 1. The number of ether oxygens (including phenoxy) is 1. The summed E-state index contributed by atoms with van der Waals surface area (Å²) in [5.41, 5.74) is 0.557. The zero-order valence-electron chi connectivity index (χ0n) is 14.4. The molecular weight excluding hydrogens is 378 g/mol. The number of halogens is 1. The molecular formula is C17H22ClN3O4S. The largest absolute Gasteiger partial charge is 0.383 e. The fraction of sp³-hybridized carbons (Fsp3) is 0.353. The average molecular weight is 400 g/mol. The van der Waals surface area contributed by atoms with Gasteiger partial charge in [0.1, 0.15) is 6.54 Å². The van der Waals surface area contributed by atoms with E-state index in [1.807, 2.05) is 12.1 Å². The number of hydrogen-bond donors (Lipinski definition) is 2. The summed E-state index contributed by atoms with van der Waals surface area (Å²) in [6, 6.07) is 10.6. The van der Waals surface area contributed by atoms with Gasteiger partial charge in [0.2, 0.25) is 5.91 Å². The number of anilines is 1. The molecule has 7 nitrogen and oxygen atoms in total. The van der Waals surface area contributed by atoms with Crippen molar-refractivity contribution < 1.29 is 17.9 Å². The molecule has 0 atom stereocenters. The molecule has 0 fully saturated rings. The van der Waals surface area contributed by atoms with Crippen molar-refractivity contribution in [3.63, 3.8) is 0 Å². The molecule has 0 spiro atoms. The van der Waals surface area contributed by atoms with Gasteiger partial charge in [0, 0.05) is 32.1 Å². The molecule has 0 bridgehead atoms. The van der Waals surface area contributed by atoms with Crippen LogP contribution in [-0.2, 0) is 19.6 Å². The van der Waals surface area contributed by atoms with E-state index < -0.39 is 10.0 Å². The van der Waals surface area contributed by atoms with Gasteiger partial charge in [-0.15, -0.1) is 12.4 Å². The molecule has 9 heteroatoms. The van der Waals surface area contributed by atoms with Crippen LogP contribution in [0.3, 0.4) is 0 Å². The Kier molecular flexibility index (Phi) is 6.82. The highest BCUT2D eigenvalue weighted by atomic mass is 35.5. The molecule has 0 saturated heterocycles. The molecule has 0 aliphatic carbocycles. The van der Waals surface area contributed by atoms with Crippen molar-refractivity contribution in [2.24, 2.45) is 0 Å². The van der Waals surface area contributed by atoms with E-state index >= 15 is 0 Å². The van der Waals surface area contributed by atoms with E-state index in [0.29, 0.717) is 37.3 Å². The first-order chi connectivity index (χ1) is 12.1. The molecule has 2 N–H and O–H groups in total. The van der Waals surface area contributed by atoms with Gasteiger partial charge in [-0.3, -0.25) is 9.10 Å². The summed E-state index contributed by atoms with van der Waals surface area (Å²) < 4.78 is 31.6. The van der Waals surface area contributed by atoms with Crippen LogP contribution in [0.25, 0.3) is 10.8 Å². The molecule has 2 aromatic rings. The molecule has 0 radical (unpaired) electrons. The minimum absolute atomic E-state index is 0. The van der Waals surface area contributed by atoms with E-state index in [-0.39, 0.29) is 29.8 Å². The summed E-state index contributed by atoms with van der Waals surface area (Å²) in [6.45, 7) is 2.09. The molecule has 142 valence electrons. The highest BCUT2D eigenvalue weighted by Gasteiger charge is 2.36. The fourth-order valence-electron chi connectivity index (χ4n) is 2.90. The van der Waals surface area contributed by atoms with Gasteiger partial charge >= 0.3 is 0 Å². The smallest absolute Gasteiger partial charge is 0.265 e. The molecule has 0 unspecified atom stereocenters. The Morgan fingerprint density at radius 2 is 1.85 bits per heavy atom. The highest BCUT2D eigenvalue weighted by molar-refractivity contribution is 7.93. The molecule has 1 amide bonds. The summed E-state index contributed by atoms with van der Waals surface area (Å²) in [5, 5.41) is 7.38. The van der Waals surface area contributed by atoms with Crippen molar-refractivity contribution in [2.45, 2.75) is 4.90 Å². The molecule has 3 rings (SSSR count). The van der Waals surface area contributed by atoms with Crippen molar-refractivity contribution in [3.8, 4) is 0 Å². The SMILES string of the molecule is COCCNCCNC(=O)CN1c2cccc3cccc(c23)S1(=O)=O.Cl. The molecule has 26 heavy (non-hydrogen) atoms. The molecule has 2 aromatic carbocycles. The minimum atomic E-state index is -3.70. The third-order valence-electron chi connectivity index (χ3n) is 4.08. The second-order valence-electron chi connectivity index (χ2n) is 5.74. The van der Waals surface area contributed by atoms with Crippen LogP contribution in [0.5, 0.6) is 0 Å². The van der Waals surface area contributed by atoms with Crippen LogP contribution in [0.2, 0.25) is 0 Å². The lowest BCUT2D eigenvalue weighted by Crippen LogP contribution is -2.41. The molecule has 0 saturated carbocycles. The number of methoxy groups -OCH3 is 1. The number of rotatable bonds is 8. The molecule has 1 aliphatic rings. The summed E-state index contributed by atoms with van der Waals surface area (Å²) in [7, 11) is -2.07. The Bertz CT molecular complexity index is 883. The van der Waals surface area contributed by atoms with Gasteiger partial charge in [0.25, 0.3) is 10.0 Å².